The topological polar surface area (TPSA) is 123 Å². The van der Waals surface area contributed by atoms with Gasteiger partial charge in [-0.2, -0.15) is 0 Å². The number of nitrogens with zero attached hydrogens (tertiary/aromatic N) is 2. The highest BCUT2D eigenvalue weighted by Gasteiger charge is 2.24. The van der Waals surface area contributed by atoms with Gasteiger partial charge >= 0.3 is 0 Å². The highest BCUT2D eigenvalue weighted by Crippen LogP contribution is 2.42. The quantitative estimate of drug-likeness (QED) is 0.0947. The molecule has 0 spiro atoms. The first-order chi connectivity index (χ1) is 26.9. The molecule has 298 valence electrons. The van der Waals surface area contributed by atoms with E-state index in [0.29, 0.717) is 64.1 Å². The van der Waals surface area contributed by atoms with Crippen LogP contribution in [0.2, 0.25) is 0 Å². The average molecular weight is 759 g/mol. The Balaban J connectivity index is 1.27. The van der Waals surface area contributed by atoms with Gasteiger partial charge in [0.05, 0.1) is 52.1 Å². The molecule has 3 aromatic carbocycles. The van der Waals surface area contributed by atoms with Crippen molar-refractivity contribution in [3.05, 3.63) is 64.8 Å². The van der Waals surface area contributed by atoms with E-state index in [1.165, 1.54) is 0 Å². The zero-order chi connectivity index (χ0) is 38.6. The van der Waals surface area contributed by atoms with E-state index in [4.69, 9.17) is 28.1 Å². The van der Waals surface area contributed by atoms with Crippen molar-refractivity contribution >= 4 is 11.0 Å². The second kappa shape index (κ2) is 20.0. The van der Waals surface area contributed by atoms with E-state index in [1.54, 1.807) is 27.4 Å². The predicted octanol–water partition coefficient (Wildman–Crippen LogP) is 7.16. The molecule has 2 fully saturated rings. The summed E-state index contributed by atoms with van der Waals surface area (Å²) in [6.07, 6.45) is 8.68. The maximum Gasteiger partial charge on any atom is 0.236 e. The van der Waals surface area contributed by atoms with Crippen LogP contribution in [0.15, 0.2) is 63.8 Å². The molecule has 11 nitrogen and oxygen atoms in total. The van der Waals surface area contributed by atoms with E-state index >= 15 is 0 Å². The number of aliphatic hydroxyl groups excluding tert-OH is 2. The summed E-state index contributed by atoms with van der Waals surface area (Å²) in [6, 6.07) is 16.7. The van der Waals surface area contributed by atoms with Gasteiger partial charge in [0.15, 0.2) is 17.3 Å². The van der Waals surface area contributed by atoms with Crippen molar-refractivity contribution in [2.75, 3.05) is 73.8 Å². The summed E-state index contributed by atoms with van der Waals surface area (Å²) in [6.45, 7) is 6.61. The molecule has 2 aliphatic rings. The minimum atomic E-state index is -0.277. The Hall–Kier alpha value is -4.29. The molecule has 0 atom stereocenters. The van der Waals surface area contributed by atoms with Gasteiger partial charge in [0.2, 0.25) is 11.2 Å². The molecule has 55 heavy (non-hydrogen) atoms. The maximum atomic E-state index is 14.8. The minimum absolute atomic E-state index is 0.159. The summed E-state index contributed by atoms with van der Waals surface area (Å²) in [5.41, 5.74) is 2.18. The standard InChI is InChI=1S/C44H58N2O9/c1-50-35-13-10-31(11-14-35)43-44(54-29-9-5-7-23-46-26-20-34(48)21-27-46)42(49)41-38(55-43)17-16-37(40(41)32-12-15-36(51-2)39(30-32)52-3)53-28-8-4-6-22-45-24-18-33(47)19-25-45/h10-17,30,33-34,47-48H,4-9,18-29H2,1-3H3. The fourth-order valence-electron chi connectivity index (χ4n) is 7.58. The van der Waals surface area contributed by atoms with Gasteiger partial charge in [0.25, 0.3) is 0 Å². The third kappa shape index (κ3) is 10.5. The molecule has 3 heterocycles. The van der Waals surface area contributed by atoms with Crippen molar-refractivity contribution in [1.82, 2.24) is 9.80 Å². The third-order valence-corrected chi connectivity index (χ3v) is 10.9. The number of methoxy groups -OCH3 is 3. The van der Waals surface area contributed by atoms with Crippen LogP contribution < -0.4 is 29.1 Å². The first-order valence-electron chi connectivity index (χ1n) is 20.0. The van der Waals surface area contributed by atoms with Crippen molar-refractivity contribution in [3.63, 3.8) is 0 Å². The van der Waals surface area contributed by atoms with Crippen molar-refractivity contribution in [1.29, 1.82) is 0 Å². The number of unbranched alkanes of at least 4 members (excludes halogenated alkanes) is 4. The van der Waals surface area contributed by atoms with Crippen LogP contribution in [0.4, 0.5) is 0 Å². The number of rotatable bonds is 19. The minimum Gasteiger partial charge on any atom is -0.497 e. The summed E-state index contributed by atoms with van der Waals surface area (Å²) in [4.78, 5) is 19.7. The van der Waals surface area contributed by atoms with Crippen molar-refractivity contribution < 1.29 is 38.3 Å². The molecular weight excluding hydrogens is 700 g/mol. The van der Waals surface area contributed by atoms with E-state index in [-0.39, 0.29) is 23.4 Å². The summed E-state index contributed by atoms with van der Waals surface area (Å²) < 4.78 is 36.1. The van der Waals surface area contributed by atoms with Crippen LogP contribution in [-0.2, 0) is 0 Å². The second-order valence-electron chi connectivity index (χ2n) is 14.7. The smallest absolute Gasteiger partial charge is 0.236 e. The number of fused-ring (bicyclic) bond motifs is 1. The molecule has 2 aliphatic heterocycles. The van der Waals surface area contributed by atoms with Gasteiger partial charge in [0.1, 0.15) is 17.1 Å². The maximum absolute atomic E-state index is 14.8. The number of benzene rings is 3. The van der Waals surface area contributed by atoms with Crippen LogP contribution >= 0.6 is 0 Å². The third-order valence-electron chi connectivity index (χ3n) is 10.9. The lowest BCUT2D eigenvalue weighted by atomic mass is 9.98. The lowest BCUT2D eigenvalue weighted by Gasteiger charge is -2.29. The van der Waals surface area contributed by atoms with E-state index < -0.39 is 0 Å². The fourth-order valence-corrected chi connectivity index (χ4v) is 7.58. The van der Waals surface area contributed by atoms with Gasteiger partial charge in [-0.15, -0.1) is 0 Å². The number of likely N-dealkylation sites (tertiary alicyclic amines) is 2. The molecule has 4 aromatic rings. The molecular formula is C44H58N2O9. The van der Waals surface area contributed by atoms with E-state index in [2.05, 4.69) is 9.80 Å². The lowest BCUT2D eigenvalue weighted by Crippen LogP contribution is -2.36. The van der Waals surface area contributed by atoms with Gasteiger partial charge in [-0.05, 0) is 131 Å². The van der Waals surface area contributed by atoms with Gasteiger partial charge in [0, 0.05) is 37.3 Å². The monoisotopic (exact) mass is 758 g/mol. The Morgan fingerprint density at radius 3 is 1.78 bits per heavy atom. The first kappa shape index (κ1) is 40.4. The Bertz CT molecular complexity index is 1860. The number of aliphatic hydroxyl groups is 2. The summed E-state index contributed by atoms with van der Waals surface area (Å²) >= 11 is 0. The number of hydrogen-bond donors (Lipinski definition) is 2. The molecule has 0 unspecified atom stereocenters. The molecule has 1 aromatic heterocycles. The van der Waals surface area contributed by atoms with Crippen molar-refractivity contribution in [3.8, 4) is 51.2 Å². The fraction of sp³-hybridized carbons (Fsp3) is 0.523. The van der Waals surface area contributed by atoms with Crippen molar-refractivity contribution in [2.24, 2.45) is 0 Å². The Labute approximate surface area is 324 Å². The zero-order valence-corrected chi connectivity index (χ0v) is 32.7. The number of hydrogen-bond acceptors (Lipinski definition) is 11. The summed E-state index contributed by atoms with van der Waals surface area (Å²) in [5, 5.41) is 20.0. The highest BCUT2D eigenvalue weighted by molar-refractivity contribution is 5.99. The first-order valence-corrected chi connectivity index (χ1v) is 20.0. The lowest BCUT2D eigenvalue weighted by molar-refractivity contribution is 0.0814. The molecule has 0 radical (unpaired) electrons. The Morgan fingerprint density at radius 2 is 1.20 bits per heavy atom. The molecule has 0 saturated carbocycles. The van der Waals surface area contributed by atoms with Gasteiger partial charge < -0.3 is 48.1 Å². The predicted molar refractivity (Wildman–Crippen MR) is 215 cm³/mol. The van der Waals surface area contributed by atoms with E-state index in [9.17, 15) is 15.0 Å². The van der Waals surface area contributed by atoms with Crippen LogP contribution in [0.1, 0.15) is 64.2 Å². The second-order valence-corrected chi connectivity index (χ2v) is 14.7. The normalized spacial score (nSPS) is 16.0. The molecule has 0 bridgehead atoms. The molecule has 6 rings (SSSR count). The van der Waals surface area contributed by atoms with Crippen molar-refractivity contribution in [2.45, 2.75) is 76.4 Å². The molecule has 0 aliphatic carbocycles. The number of piperidine rings is 2. The van der Waals surface area contributed by atoms with Gasteiger partial charge in [-0.1, -0.05) is 6.07 Å². The van der Waals surface area contributed by atoms with Crippen LogP contribution in [0.3, 0.4) is 0 Å². The SMILES string of the molecule is COc1ccc(-c2oc3ccc(OCCCCCN4CCC(O)CC4)c(-c4ccc(OC)c(OC)c4)c3c(=O)c2OCCCCCN2CCC(O)CC2)cc1. The molecule has 2 N–H and O–H groups in total. The van der Waals surface area contributed by atoms with E-state index in [1.807, 2.05) is 48.5 Å². The summed E-state index contributed by atoms with van der Waals surface area (Å²) in [5.74, 6) is 2.90. The van der Waals surface area contributed by atoms with Crippen LogP contribution in [-0.4, -0.2) is 106 Å². The van der Waals surface area contributed by atoms with Crippen LogP contribution in [0.25, 0.3) is 33.4 Å². The highest BCUT2D eigenvalue weighted by atomic mass is 16.5. The van der Waals surface area contributed by atoms with Gasteiger partial charge in [-0.3, -0.25) is 4.79 Å². The van der Waals surface area contributed by atoms with Crippen LogP contribution in [0.5, 0.6) is 28.7 Å². The zero-order valence-electron chi connectivity index (χ0n) is 32.7. The summed E-state index contributed by atoms with van der Waals surface area (Å²) in [7, 11) is 4.80. The van der Waals surface area contributed by atoms with Gasteiger partial charge in [-0.25, -0.2) is 0 Å². The number of ether oxygens (including phenoxy) is 5. The molecule has 2 saturated heterocycles. The molecule has 0 amide bonds. The average Bonchev–Trinajstić information content (AvgIpc) is 3.22. The van der Waals surface area contributed by atoms with Crippen LogP contribution in [0, 0.1) is 0 Å². The van der Waals surface area contributed by atoms with E-state index in [0.717, 1.165) is 109 Å². The molecule has 11 heteroatoms. The largest absolute Gasteiger partial charge is 0.497 e. The Morgan fingerprint density at radius 1 is 0.636 bits per heavy atom. The Kier molecular flexibility index (Phi) is 14.7.